The average Bonchev–Trinajstić information content (AvgIpc) is 2.47. The lowest BCUT2D eigenvalue weighted by atomic mass is 9.84. The van der Waals surface area contributed by atoms with Crippen LogP contribution in [0.25, 0.3) is 0 Å². The van der Waals surface area contributed by atoms with Crippen LogP contribution in [-0.2, 0) is 4.74 Å². The fraction of sp³-hybridized carbons (Fsp3) is 0.909. The lowest BCUT2D eigenvalue weighted by Gasteiger charge is -2.50. The Balaban J connectivity index is 1.97. The summed E-state index contributed by atoms with van der Waals surface area (Å²) in [5.74, 6) is 0. The van der Waals surface area contributed by atoms with Gasteiger partial charge in [-0.25, -0.2) is 4.79 Å². The highest BCUT2D eigenvalue weighted by Gasteiger charge is 2.50. The van der Waals surface area contributed by atoms with Crippen LogP contribution in [-0.4, -0.2) is 41.8 Å². The highest BCUT2D eigenvalue weighted by Crippen LogP contribution is 2.36. The Labute approximate surface area is 91.0 Å². The van der Waals surface area contributed by atoms with E-state index in [1.54, 1.807) is 0 Å². The third-order valence-corrected chi connectivity index (χ3v) is 3.21. The summed E-state index contributed by atoms with van der Waals surface area (Å²) < 4.78 is 5.39. The summed E-state index contributed by atoms with van der Waals surface area (Å²) in [6.45, 7) is 8.50. The molecule has 2 fully saturated rings. The molecule has 15 heavy (non-hydrogen) atoms. The molecule has 1 spiro atoms. The van der Waals surface area contributed by atoms with E-state index in [1.165, 1.54) is 0 Å². The van der Waals surface area contributed by atoms with Crippen LogP contribution in [0.3, 0.4) is 0 Å². The summed E-state index contributed by atoms with van der Waals surface area (Å²) in [7, 11) is 0. The second-order valence-electron chi connectivity index (χ2n) is 5.53. The molecular formula is C11H20N2O2. The van der Waals surface area contributed by atoms with E-state index in [0.717, 1.165) is 32.5 Å². The molecule has 2 aliphatic rings. The number of nitrogens with zero attached hydrogens (tertiary/aromatic N) is 1. The topological polar surface area (TPSA) is 41.6 Å². The van der Waals surface area contributed by atoms with E-state index in [2.05, 4.69) is 5.32 Å². The molecule has 2 aliphatic heterocycles. The summed E-state index contributed by atoms with van der Waals surface area (Å²) in [5, 5.41) is 3.31. The molecule has 4 heteroatoms. The second kappa shape index (κ2) is 3.37. The fourth-order valence-corrected chi connectivity index (χ4v) is 2.32. The first-order chi connectivity index (χ1) is 6.93. The Morgan fingerprint density at radius 3 is 2.53 bits per heavy atom. The van der Waals surface area contributed by atoms with Gasteiger partial charge in [-0.3, -0.25) is 0 Å². The first kappa shape index (κ1) is 10.7. The molecule has 0 aromatic rings. The number of hydrogen-bond acceptors (Lipinski definition) is 3. The molecule has 0 aromatic heterocycles. The zero-order valence-electron chi connectivity index (χ0n) is 9.80. The van der Waals surface area contributed by atoms with E-state index in [0.29, 0.717) is 0 Å². The Morgan fingerprint density at radius 1 is 1.40 bits per heavy atom. The predicted molar refractivity (Wildman–Crippen MR) is 57.8 cm³/mol. The number of nitrogens with one attached hydrogen (secondary N) is 1. The predicted octanol–water partition coefficient (Wildman–Crippen LogP) is 1.36. The van der Waals surface area contributed by atoms with Crippen molar-refractivity contribution in [2.45, 2.75) is 44.8 Å². The van der Waals surface area contributed by atoms with Crippen LogP contribution >= 0.6 is 0 Å². The third kappa shape index (κ3) is 1.95. The van der Waals surface area contributed by atoms with Gasteiger partial charge in [-0.15, -0.1) is 0 Å². The van der Waals surface area contributed by atoms with E-state index < -0.39 is 0 Å². The van der Waals surface area contributed by atoms with Crippen molar-refractivity contribution in [3.8, 4) is 0 Å². The summed E-state index contributed by atoms with van der Waals surface area (Å²) in [4.78, 5) is 13.8. The molecule has 0 radical (unpaired) electrons. The second-order valence-corrected chi connectivity index (χ2v) is 5.53. The van der Waals surface area contributed by atoms with Crippen LogP contribution in [0, 0.1) is 0 Å². The van der Waals surface area contributed by atoms with Crippen LogP contribution in [0.1, 0.15) is 33.6 Å². The van der Waals surface area contributed by atoms with Crippen molar-refractivity contribution in [3.05, 3.63) is 0 Å². The quantitative estimate of drug-likeness (QED) is 0.659. The Morgan fingerprint density at radius 2 is 2.13 bits per heavy atom. The van der Waals surface area contributed by atoms with Crippen LogP contribution in [0.5, 0.6) is 0 Å². The number of carbonyl (C=O) groups is 1. The Bertz CT molecular complexity index is 264. The Hall–Kier alpha value is -0.770. The lowest BCUT2D eigenvalue weighted by Crippen LogP contribution is -2.63. The van der Waals surface area contributed by atoms with Gasteiger partial charge in [0, 0.05) is 13.1 Å². The number of rotatable bonds is 0. The largest absolute Gasteiger partial charge is 0.444 e. The molecule has 1 amide bonds. The lowest BCUT2D eigenvalue weighted by molar-refractivity contribution is -0.0369. The molecule has 0 unspecified atom stereocenters. The van der Waals surface area contributed by atoms with Gasteiger partial charge >= 0.3 is 6.09 Å². The smallest absolute Gasteiger partial charge is 0.410 e. The summed E-state index contributed by atoms with van der Waals surface area (Å²) >= 11 is 0. The maximum absolute atomic E-state index is 11.9. The number of likely N-dealkylation sites (tertiary alicyclic amines) is 1. The van der Waals surface area contributed by atoms with Gasteiger partial charge in [0.15, 0.2) is 0 Å². The van der Waals surface area contributed by atoms with E-state index in [1.807, 2.05) is 25.7 Å². The molecule has 1 N–H and O–H groups in total. The number of hydrogen-bond donors (Lipinski definition) is 1. The van der Waals surface area contributed by atoms with Crippen molar-refractivity contribution >= 4 is 6.09 Å². The van der Waals surface area contributed by atoms with E-state index in [9.17, 15) is 4.79 Å². The molecule has 2 saturated heterocycles. The number of ether oxygens (including phenoxy) is 1. The van der Waals surface area contributed by atoms with Gasteiger partial charge < -0.3 is 15.0 Å². The monoisotopic (exact) mass is 212 g/mol. The van der Waals surface area contributed by atoms with Gasteiger partial charge in [-0.05, 0) is 40.2 Å². The van der Waals surface area contributed by atoms with Crippen molar-refractivity contribution in [3.63, 3.8) is 0 Å². The van der Waals surface area contributed by atoms with E-state index >= 15 is 0 Å². The molecule has 0 saturated carbocycles. The minimum Gasteiger partial charge on any atom is -0.444 e. The van der Waals surface area contributed by atoms with Gasteiger partial charge in [0.2, 0.25) is 0 Å². The third-order valence-electron chi connectivity index (χ3n) is 3.21. The van der Waals surface area contributed by atoms with Gasteiger partial charge in [0.05, 0.1) is 5.54 Å². The van der Waals surface area contributed by atoms with Crippen molar-refractivity contribution in [1.82, 2.24) is 10.2 Å². The highest BCUT2D eigenvalue weighted by molar-refractivity contribution is 5.70. The maximum atomic E-state index is 11.9. The Kier molecular flexibility index (Phi) is 2.41. The van der Waals surface area contributed by atoms with Gasteiger partial charge in [0.1, 0.15) is 5.60 Å². The SMILES string of the molecule is CC(C)(C)OC(=O)N1CC[C@]12CCNC2. The van der Waals surface area contributed by atoms with Crippen molar-refractivity contribution in [2.75, 3.05) is 19.6 Å². The van der Waals surface area contributed by atoms with Crippen LogP contribution in [0.15, 0.2) is 0 Å². The fourth-order valence-electron chi connectivity index (χ4n) is 2.32. The van der Waals surface area contributed by atoms with E-state index in [-0.39, 0.29) is 17.2 Å². The number of carbonyl (C=O) groups excluding carboxylic acids is 1. The average molecular weight is 212 g/mol. The van der Waals surface area contributed by atoms with Gasteiger partial charge in [-0.2, -0.15) is 0 Å². The number of amides is 1. The first-order valence-electron chi connectivity index (χ1n) is 5.64. The van der Waals surface area contributed by atoms with Gasteiger partial charge in [-0.1, -0.05) is 0 Å². The molecule has 4 nitrogen and oxygen atoms in total. The van der Waals surface area contributed by atoms with Crippen LogP contribution < -0.4 is 5.32 Å². The van der Waals surface area contributed by atoms with Crippen molar-refractivity contribution in [2.24, 2.45) is 0 Å². The molecule has 0 bridgehead atoms. The zero-order chi connectivity index (χ0) is 11.1. The van der Waals surface area contributed by atoms with Crippen molar-refractivity contribution < 1.29 is 9.53 Å². The van der Waals surface area contributed by atoms with Crippen LogP contribution in [0.2, 0.25) is 0 Å². The molecule has 0 aromatic carbocycles. The molecule has 86 valence electrons. The molecule has 2 rings (SSSR count). The first-order valence-corrected chi connectivity index (χ1v) is 5.64. The van der Waals surface area contributed by atoms with Gasteiger partial charge in [0.25, 0.3) is 0 Å². The molecule has 0 aliphatic carbocycles. The minimum absolute atomic E-state index is 0.0718. The maximum Gasteiger partial charge on any atom is 0.410 e. The minimum atomic E-state index is -0.389. The van der Waals surface area contributed by atoms with Crippen molar-refractivity contribution in [1.29, 1.82) is 0 Å². The highest BCUT2D eigenvalue weighted by atomic mass is 16.6. The summed E-state index contributed by atoms with van der Waals surface area (Å²) in [6.07, 6.45) is 2.02. The molecule has 1 atom stereocenters. The molecular weight excluding hydrogens is 192 g/mol. The van der Waals surface area contributed by atoms with E-state index in [4.69, 9.17) is 4.74 Å². The standard InChI is InChI=1S/C11H20N2O2/c1-10(2,3)15-9(14)13-7-5-11(13)4-6-12-8-11/h12H,4-8H2,1-3H3/t11-/m0/s1. The summed E-state index contributed by atoms with van der Waals surface area (Å²) in [6, 6.07) is 0. The summed E-state index contributed by atoms with van der Waals surface area (Å²) in [5.41, 5.74) is -0.317. The van der Waals surface area contributed by atoms with Crippen LogP contribution in [0.4, 0.5) is 4.79 Å². The molecule has 2 heterocycles. The normalized spacial score (nSPS) is 30.5. The zero-order valence-corrected chi connectivity index (χ0v) is 9.80.